The molecule has 2 unspecified atom stereocenters. The zero-order valence-corrected chi connectivity index (χ0v) is 9.40. The second-order valence-electron chi connectivity index (χ2n) is 3.41. The monoisotopic (exact) mass is 259 g/mol. The highest BCUT2D eigenvalue weighted by Gasteiger charge is 2.47. The van der Waals surface area contributed by atoms with Gasteiger partial charge in [0.25, 0.3) is 0 Å². The van der Waals surface area contributed by atoms with Crippen LogP contribution in [0.1, 0.15) is 11.7 Å². The molecule has 2 N–H and O–H groups in total. The number of benzene rings is 1. The molecule has 6 heteroatoms. The molecule has 0 amide bonds. The SMILES string of the molecule is O=C(O)C1(Cl)C=Nc2cccc(Cl)c2C1O. The van der Waals surface area contributed by atoms with Gasteiger partial charge in [-0.15, -0.1) is 0 Å². The van der Waals surface area contributed by atoms with Crippen LogP contribution in [0.5, 0.6) is 0 Å². The number of alkyl halides is 1. The lowest BCUT2D eigenvalue weighted by Gasteiger charge is -2.29. The Morgan fingerprint density at radius 2 is 2.19 bits per heavy atom. The van der Waals surface area contributed by atoms with Gasteiger partial charge >= 0.3 is 5.97 Å². The van der Waals surface area contributed by atoms with Crippen LogP contribution in [0.4, 0.5) is 5.69 Å². The van der Waals surface area contributed by atoms with Crippen molar-refractivity contribution < 1.29 is 15.0 Å². The Morgan fingerprint density at radius 1 is 1.50 bits per heavy atom. The van der Waals surface area contributed by atoms with Crippen molar-refractivity contribution in [3.8, 4) is 0 Å². The first-order valence-corrected chi connectivity index (χ1v) is 5.16. The van der Waals surface area contributed by atoms with E-state index in [4.69, 9.17) is 28.3 Å². The largest absolute Gasteiger partial charge is 0.480 e. The summed E-state index contributed by atoms with van der Waals surface area (Å²) < 4.78 is 0. The number of nitrogens with zero attached hydrogens (tertiary/aromatic N) is 1. The number of carboxylic acids is 1. The lowest BCUT2D eigenvalue weighted by atomic mass is 9.92. The molecule has 16 heavy (non-hydrogen) atoms. The van der Waals surface area contributed by atoms with Crippen LogP contribution in [0.15, 0.2) is 23.2 Å². The van der Waals surface area contributed by atoms with Crippen LogP contribution in [-0.4, -0.2) is 27.3 Å². The standard InChI is InChI=1S/C10H7Cl2NO3/c11-5-2-1-3-6-7(5)8(14)10(12,4-13-6)9(15)16/h1-4,8,14H,(H,15,16). The number of aliphatic hydroxyl groups excluding tert-OH is 1. The van der Waals surface area contributed by atoms with Gasteiger partial charge in [0.1, 0.15) is 6.10 Å². The molecule has 1 aromatic carbocycles. The number of hydrogen-bond donors (Lipinski definition) is 2. The van der Waals surface area contributed by atoms with Crippen LogP contribution in [0.25, 0.3) is 0 Å². The zero-order valence-electron chi connectivity index (χ0n) is 7.89. The minimum atomic E-state index is -1.96. The average molecular weight is 260 g/mol. The van der Waals surface area contributed by atoms with Crippen molar-refractivity contribution in [2.45, 2.75) is 11.0 Å². The van der Waals surface area contributed by atoms with Gasteiger partial charge in [0.2, 0.25) is 4.87 Å². The predicted molar refractivity (Wildman–Crippen MR) is 60.8 cm³/mol. The van der Waals surface area contributed by atoms with E-state index >= 15 is 0 Å². The molecule has 0 saturated carbocycles. The molecule has 2 rings (SSSR count). The first kappa shape index (κ1) is 11.4. The first-order valence-electron chi connectivity index (χ1n) is 4.41. The number of aliphatic carboxylic acids is 1. The summed E-state index contributed by atoms with van der Waals surface area (Å²) in [7, 11) is 0. The fourth-order valence-corrected chi connectivity index (χ4v) is 1.96. The molecular weight excluding hydrogens is 253 g/mol. The second kappa shape index (κ2) is 3.73. The number of rotatable bonds is 1. The molecule has 0 saturated heterocycles. The molecule has 2 atom stereocenters. The number of fused-ring (bicyclic) bond motifs is 1. The summed E-state index contributed by atoms with van der Waals surface area (Å²) in [5, 5.41) is 19.1. The Kier molecular flexibility index (Phi) is 2.66. The molecule has 1 aliphatic heterocycles. The van der Waals surface area contributed by atoms with Gasteiger partial charge in [0, 0.05) is 16.8 Å². The molecular formula is C10H7Cl2NO3. The fourth-order valence-electron chi connectivity index (χ4n) is 1.53. The van der Waals surface area contributed by atoms with E-state index in [1.54, 1.807) is 18.2 Å². The van der Waals surface area contributed by atoms with Crippen molar-refractivity contribution >= 4 is 41.1 Å². The number of carbonyl (C=O) groups is 1. The van der Waals surface area contributed by atoms with E-state index in [2.05, 4.69) is 4.99 Å². The van der Waals surface area contributed by atoms with Gasteiger partial charge in [0.05, 0.1) is 5.69 Å². The van der Waals surface area contributed by atoms with E-state index in [9.17, 15) is 9.90 Å². The van der Waals surface area contributed by atoms with Crippen LogP contribution in [-0.2, 0) is 4.79 Å². The summed E-state index contributed by atoms with van der Waals surface area (Å²) in [4.78, 5) is 12.9. The Morgan fingerprint density at radius 3 is 2.81 bits per heavy atom. The molecule has 84 valence electrons. The second-order valence-corrected chi connectivity index (χ2v) is 4.44. The topological polar surface area (TPSA) is 69.9 Å². The van der Waals surface area contributed by atoms with Gasteiger partial charge < -0.3 is 10.2 Å². The van der Waals surface area contributed by atoms with Crippen molar-refractivity contribution in [3.63, 3.8) is 0 Å². The van der Waals surface area contributed by atoms with E-state index < -0.39 is 16.9 Å². The molecule has 1 aliphatic rings. The zero-order chi connectivity index (χ0) is 11.9. The minimum absolute atomic E-state index is 0.240. The van der Waals surface area contributed by atoms with E-state index in [1.165, 1.54) is 0 Å². The number of carboxylic acid groups (broad SMARTS) is 1. The quantitative estimate of drug-likeness (QED) is 0.760. The Bertz CT molecular complexity index is 489. The van der Waals surface area contributed by atoms with E-state index in [1.807, 2.05) is 0 Å². The lowest BCUT2D eigenvalue weighted by Crippen LogP contribution is -2.42. The third-order valence-electron chi connectivity index (χ3n) is 2.42. The molecule has 0 spiro atoms. The molecule has 0 aliphatic carbocycles. The highest BCUT2D eigenvalue weighted by molar-refractivity contribution is 6.44. The smallest absolute Gasteiger partial charge is 0.333 e. The summed E-state index contributed by atoms with van der Waals surface area (Å²) in [5.41, 5.74) is 0.668. The molecule has 0 aromatic heterocycles. The normalized spacial score (nSPS) is 27.6. The fraction of sp³-hybridized carbons (Fsp3) is 0.200. The lowest BCUT2D eigenvalue weighted by molar-refractivity contribution is -0.140. The number of halogens is 2. The van der Waals surface area contributed by atoms with Crippen LogP contribution in [0.2, 0.25) is 5.02 Å². The van der Waals surface area contributed by atoms with E-state index in [-0.39, 0.29) is 10.6 Å². The predicted octanol–water partition coefficient (Wildman–Crippen LogP) is 2.15. The number of aliphatic imine (C=N–C) groups is 1. The van der Waals surface area contributed by atoms with E-state index in [0.29, 0.717) is 5.69 Å². The van der Waals surface area contributed by atoms with Gasteiger partial charge in [-0.1, -0.05) is 29.3 Å². The van der Waals surface area contributed by atoms with Crippen molar-refractivity contribution in [1.82, 2.24) is 0 Å². The molecule has 4 nitrogen and oxygen atoms in total. The summed E-state index contributed by atoms with van der Waals surface area (Å²) in [6.45, 7) is 0. The summed E-state index contributed by atoms with van der Waals surface area (Å²) in [6.07, 6.45) is -0.409. The van der Waals surface area contributed by atoms with Crippen molar-refractivity contribution in [1.29, 1.82) is 0 Å². The van der Waals surface area contributed by atoms with E-state index in [0.717, 1.165) is 6.21 Å². The summed E-state index contributed by atoms with van der Waals surface area (Å²) >= 11 is 11.7. The molecule has 1 heterocycles. The Labute approximate surface area is 101 Å². The maximum atomic E-state index is 11.0. The Hall–Kier alpha value is -1.10. The van der Waals surface area contributed by atoms with Crippen molar-refractivity contribution in [2.75, 3.05) is 0 Å². The van der Waals surface area contributed by atoms with Crippen LogP contribution in [0.3, 0.4) is 0 Å². The summed E-state index contributed by atoms with van der Waals surface area (Å²) in [5.74, 6) is -1.36. The molecule has 0 fully saturated rings. The molecule has 1 aromatic rings. The highest BCUT2D eigenvalue weighted by Crippen LogP contribution is 2.43. The van der Waals surface area contributed by atoms with Gasteiger partial charge in [-0.05, 0) is 12.1 Å². The van der Waals surface area contributed by atoms with Crippen LogP contribution < -0.4 is 0 Å². The third-order valence-corrected chi connectivity index (χ3v) is 3.22. The summed E-state index contributed by atoms with van der Waals surface area (Å²) in [6, 6.07) is 4.83. The van der Waals surface area contributed by atoms with Crippen LogP contribution >= 0.6 is 23.2 Å². The average Bonchev–Trinajstić information content (AvgIpc) is 2.23. The van der Waals surface area contributed by atoms with Crippen molar-refractivity contribution in [2.24, 2.45) is 4.99 Å². The number of hydrogen-bond acceptors (Lipinski definition) is 3. The Balaban J connectivity index is 2.62. The van der Waals surface area contributed by atoms with Gasteiger partial charge in [0.15, 0.2) is 0 Å². The maximum Gasteiger partial charge on any atom is 0.333 e. The van der Waals surface area contributed by atoms with Gasteiger partial charge in [-0.3, -0.25) is 4.99 Å². The van der Waals surface area contributed by atoms with Gasteiger partial charge in [-0.25, -0.2) is 4.79 Å². The number of aliphatic hydroxyl groups is 1. The highest BCUT2D eigenvalue weighted by atomic mass is 35.5. The first-order chi connectivity index (χ1) is 7.47. The maximum absolute atomic E-state index is 11.0. The van der Waals surface area contributed by atoms with Gasteiger partial charge in [-0.2, -0.15) is 0 Å². The molecule has 0 radical (unpaired) electrons. The third kappa shape index (κ3) is 1.50. The molecule has 0 bridgehead atoms. The minimum Gasteiger partial charge on any atom is -0.480 e. The van der Waals surface area contributed by atoms with Crippen molar-refractivity contribution in [3.05, 3.63) is 28.8 Å². The van der Waals surface area contributed by atoms with Crippen LogP contribution in [0, 0.1) is 0 Å².